The summed E-state index contributed by atoms with van der Waals surface area (Å²) in [5.41, 5.74) is 1.58. The van der Waals surface area contributed by atoms with Crippen LogP contribution in [0.4, 0.5) is 11.4 Å². The molecule has 4 rings (SSSR count). The topological polar surface area (TPSA) is 79.0 Å². The van der Waals surface area contributed by atoms with Crippen LogP contribution in [0.1, 0.15) is 43.0 Å². The van der Waals surface area contributed by atoms with E-state index in [1.807, 2.05) is 17.9 Å². The van der Waals surface area contributed by atoms with Crippen molar-refractivity contribution in [2.75, 3.05) is 29.9 Å². The van der Waals surface area contributed by atoms with Crippen molar-refractivity contribution in [1.29, 1.82) is 0 Å². The zero-order valence-electron chi connectivity index (χ0n) is 17.7. The zero-order chi connectivity index (χ0) is 21.8. The van der Waals surface area contributed by atoms with Crippen LogP contribution in [0.25, 0.3) is 0 Å². The number of benzene rings is 2. The van der Waals surface area contributed by atoms with Gasteiger partial charge in [-0.3, -0.25) is 19.3 Å². The van der Waals surface area contributed by atoms with Crippen LogP contribution in [0.2, 0.25) is 0 Å². The van der Waals surface area contributed by atoms with Crippen molar-refractivity contribution in [2.45, 2.75) is 38.7 Å². The summed E-state index contributed by atoms with van der Waals surface area (Å²) in [5.74, 6) is 0.00274. The summed E-state index contributed by atoms with van der Waals surface area (Å²) in [7, 11) is 0. The van der Waals surface area contributed by atoms with Crippen LogP contribution >= 0.6 is 0 Å². The Kier molecular flexibility index (Phi) is 6.21. The average Bonchev–Trinajstić information content (AvgIpc) is 2.82. The van der Waals surface area contributed by atoms with Gasteiger partial charge in [-0.15, -0.1) is 0 Å². The molecule has 7 heteroatoms. The molecule has 7 nitrogen and oxygen atoms in total. The van der Waals surface area contributed by atoms with Gasteiger partial charge in [0.05, 0.1) is 5.69 Å². The Hall–Kier alpha value is -3.35. The third-order valence-electron chi connectivity index (χ3n) is 5.73. The van der Waals surface area contributed by atoms with Gasteiger partial charge in [-0.2, -0.15) is 0 Å². The molecule has 2 heterocycles. The molecular weight excluding hydrogens is 394 g/mol. The number of hydrogen-bond donors (Lipinski definition) is 1. The van der Waals surface area contributed by atoms with Gasteiger partial charge in [-0.05, 0) is 56.0 Å². The summed E-state index contributed by atoms with van der Waals surface area (Å²) in [6.07, 6.45) is 3.01. The molecule has 0 spiro atoms. The standard InChI is InChI=1S/C24H27N3O4/c1-2-20-24(30)27(16-22(28)26-13-7-4-8-14-26)19-15-18(11-12-21(19)31-20)25-23(29)17-9-5-3-6-10-17/h3,5-6,9-12,15,20H,2,4,7-8,13-14,16H2,1H3,(H,25,29). The number of nitrogens with one attached hydrogen (secondary N) is 1. The average molecular weight is 421 g/mol. The van der Waals surface area contributed by atoms with Crippen LogP contribution in [0.15, 0.2) is 48.5 Å². The van der Waals surface area contributed by atoms with Crippen molar-refractivity contribution in [2.24, 2.45) is 0 Å². The molecule has 1 atom stereocenters. The van der Waals surface area contributed by atoms with Gasteiger partial charge in [0.2, 0.25) is 5.91 Å². The largest absolute Gasteiger partial charge is 0.478 e. The van der Waals surface area contributed by atoms with Crippen molar-refractivity contribution < 1.29 is 19.1 Å². The third kappa shape index (κ3) is 4.55. The van der Waals surface area contributed by atoms with E-state index in [9.17, 15) is 14.4 Å². The first kappa shape index (κ1) is 20.9. The monoisotopic (exact) mass is 421 g/mol. The number of fused-ring (bicyclic) bond motifs is 1. The summed E-state index contributed by atoms with van der Waals surface area (Å²) in [6.45, 7) is 3.32. The van der Waals surface area contributed by atoms with Gasteiger partial charge in [-0.25, -0.2) is 0 Å². The number of likely N-dealkylation sites (tertiary alicyclic amines) is 1. The number of carbonyl (C=O) groups is 3. The van der Waals surface area contributed by atoms with Gasteiger partial charge in [0.15, 0.2) is 6.10 Å². The molecule has 162 valence electrons. The Morgan fingerprint density at radius 2 is 1.81 bits per heavy atom. The molecule has 1 saturated heterocycles. The second kappa shape index (κ2) is 9.20. The minimum atomic E-state index is -0.619. The van der Waals surface area contributed by atoms with Gasteiger partial charge < -0.3 is 15.0 Å². The van der Waals surface area contributed by atoms with Gasteiger partial charge in [0.25, 0.3) is 11.8 Å². The second-order valence-corrected chi connectivity index (χ2v) is 7.88. The number of nitrogens with zero attached hydrogens (tertiary/aromatic N) is 2. The van der Waals surface area contributed by atoms with E-state index in [0.29, 0.717) is 29.1 Å². The van der Waals surface area contributed by atoms with E-state index in [0.717, 1.165) is 32.4 Å². The summed E-state index contributed by atoms with van der Waals surface area (Å²) in [4.78, 5) is 41.8. The lowest BCUT2D eigenvalue weighted by Gasteiger charge is -2.36. The SMILES string of the molecule is CCC1Oc2ccc(NC(=O)c3ccccc3)cc2N(CC(=O)N2CCCCC2)C1=O. The van der Waals surface area contributed by atoms with E-state index in [2.05, 4.69) is 5.32 Å². The Labute approximate surface area is 182 Å². The first-order valence-electron chi connectivity index (χ1n) is 10.8. The van der Waals surface area contributed by atoms with Crippen molar-refractivity contribution in [1.82, 2.24) is 4.90 Å². The maximum absolute atomic E-state index is 13.0. The van der Waals surface area contributed by atoms with Gasteiger partial charge >= 0.3 is 0 Å². The van der Waals surface area contributed by atoms with Crippen molar-refractivity contribution in [3.05, 3.63) is 54.1 Å². The maximum Gasteiger partial charge on any atom is 0.268 e. The number of hydrogen-bond acceptors (Lipinski definition) is 4. The molecule has 2 aliphatic heterocycles. The smallest absolute Gasteiger partial charge is 0.268 e. The molecule has 3 amide bonds. The van der Waals surface area contributed by atoms with Gasteiger partial charge in [0, 0.05) is 24.3 Å². The van der Waals surface area contributed by atoms with Crippen LogP contribution in [0.5, 0.6) is 5.75 Å². The Morgan fingerprint density at radius 1 is 1.06 bits per heavy atom. The molecule has 0 aliphatic carbocycles. The van der Waals surface area contributed by atoms with Gasteiger partial charge in [0.1, 0.15) is 12.3 Å². The summed E-state index contributed by atoms with van der Waals surface area (Å²) in [5, 5.41) is 2.86. The molecular formula is C24H27N3O4. The molecule has 2 aromatic rings. The van der Waals surface area contributed by atoms with E-state index in [4.69, 9.17) is 4.74 Å². The van der Waals surface area contributed by atoms with Crippen LogP contribution in [0.3, 0.4) is 0 Å². The van der Waals surface area contributed by atoms with Crippen molar-refractivity contribution >= 4 is 29.1 Å². The highest BCUT2D eigenvalue weighted by atomic mass is 16.5. The number of carbonyl (C=O) groups excluding carboxylic acids is 3. The van der Waals surface area contributed by atoms with Crippen molar-refractivity contribution in [3.63, 3.8) is 0 Å². The van der Waals surface area contributed by atoms with Crippen LogP contribution in [0, 0.1) is 0 Å². The maximum atomic E-state index is 13.0. The second-order valence-electron chi connectivity index (χ2n) is 7.88. The van der Waals surface area contributed by atoms with Crippen molar-refractivity contribution in [3.8, 4) is 5.75 Å². The number of piperidine rings is 1. The number of rotatable bonds is 5. The predicted molar refractivity (Wildman–Crippen MR) is 118 cm³/mol. The van der Waals surface area contributed by atoms with Gasteiger partial charge in [-0.1, -0.05) is 25.1 Å². The fourth-order valence-corrected chi connectivity index (χ4v) is 3.99. The highest BCUT2D eigenvalue weighted by Gasteiger charge is 2.35. The molecule has 2 aromatic carbocycles. The number of anilines is 2. The molecule has 1 unspecified atom stereocenters. The lowest BCUT2D eigenvalue weighted by molar-refractivity contribution is -0.134. The van der Waals surface area contributed by atoms with E-state index >= 15 is 0 Å². The fourth-order valence-electron chi connectivity index (χ4n) is 3.99. The summed E-state index contributed by atoms with van der Waals surface area (Å²) < 4.78 is 5.87. The molecule has 0 bridgehead atoms. The number of ether oxygens (including phenoxy) is 1. The van der Waals surface area contributed by atoms with Crippen LogP contribution < -0.4 is 15.0 Å². The molecule has 1 fully saturated rings. The van der Waals surface area contributed by atoms with E-state index in [1.54, 1.807) is 42.5 Å². The quantitative estimate of drug-likeness (QED) is 0.802. The summed E-state index contributed by atoms with van der Waals surface area (Å²) in [6, 6.07) is 14.1. The Bertz CT molecular complexity index is 970. The molecule has 0 radical (unpaired) electrons. The highest BCUT2D eigenvalue weighted by Crippen LogP contribution is 2.37. The predicted octanol–water partition coefficient (Wildman–Crippen LogP) is 3.46. The first-order chi connectivity index (χ1) is 15.1. The molecule has 31 heavy (non-hydrogen) atoms. The molecule has 2 aliphatic rings. The minimum absolute atomic E-state index is 0.0260. The van der Waals surface area contributed by atoms with Crippen LogP contribution in [-0.4, -0.2) is 48.4 Å². The number of amides is 3. The fraction of sp³-hybridized carbons (Fsp3) is 0.375. The third-order valence-corrected chi connectivity index (χ3v) is 5.73. The summed E-state index contributed by atoms with van der Waals surface area (Å²) >= 11 is 0. The molecule has 0 aromatic heterocycles. The molecule has 1 N–H and O–H groups in total. The minimum Gasteiger partial charge on any atom is -0.478 e. The zero-order valence-corrected chi connectivity index (χ0v) is 17.7. The van der Waals surface area contributed by atoms with E-state index in [1.165, 1.54) is 4.90 Å². The first-order valence-corrected chi connectivity index (χ1v) is 10.8. The Balaban J connectivity index is 1.58. The normalized spacial score (nSPS) is 18.2. The highest BCUT2D eigenvalue weighted by molar-refractivity contribution is 6.07. The van der Waals surface area contributed by atoms with Crippen LogP contribution in [-0.2, 0) is 9.59 Å². The van der Waals surface area contributed by atoms with E-state index < -0.39 is 6.10 Å². The molecule has 0 saturated carbocycles. The lowest BCUT2D eigenvalue weighted by Crippen LogP contribution is -2.51. The Morgan fingerprint density at radius 3 is 2.52 bits per heavy atom. The van der Waals surface area contributed by atoms with E-state index in [-0.39, 0.29) is 24.3 Å². The lowest BCUT2D eigenvalue weighted by atomic mass is 10.1.